The smallest absolute Gasteiger partial charge is 0.237 e. The maximum absolute atomic E-state index is 8.98. The zero-order valence-electron chi connectivity index (χ0n) is 7.48. The molecule has 0 amide bonds. The van der Waals surface area contributed by atoms with Gasteiger partial charge < -0.3 is 9.94 Å². The Balaban J connectivity index is 2.81. The number of hydrogen-bond acceptors (Lipinski definition) is 4. The number of aryl methyl sites for hydroxylation is 1. The summed E-state index contributed by atoms with van der Waals surface area (Å²) in [6, 6.07) is 0. The second-order valence-electron chi connectivity index (χ2n) is 2.65. The second kappa shape index (κ2) is 3.55. The molecule has 0 aromatic carbocycles. The topological polar surface area (TPSA) is 50.5 Å². The molecule has 68 valence electrons. The fourth-order valence-corrected chi connectivity index (χ4v) is 1.04. The Morgan fingerprint density at radius 3 is 2.92 bits per heavy atom. The lowest BCUT2D eigenvalue weighted by atomic mass is 10.3. The summed E-state index contributed by atoms with van der Waals surface area (Å²) >= 11 is 0. The van der Waals surface area contributed by atoms with Crippen LogP contribution in [0.3, 0.4) is 0 Å². The third-order valence-electron chi connectivity index (χ3n) is 1.46. The van der Waals surface area contributed by atoms with E-state index in [2.05, 4.69) is 5.10 Å². The van der Waals surface area contributed by atoms with Gasteiger partial charge in [0.25, 0.3) is 0 Å². The van der Waals surface area contributed by atoms with Crippen molar-refractivity contribution in [2.75, 3.05) is 14.2 Å². The van der Waals surface area contributed by atoms with Crippen LogP contribution in [0, 0.1) is 0 Å². The molecule has 1 N–H and O–H groups in total. The van der Waals surface area contributed by atoms with Crippen molar-refractivity contribution in [1.29, 1.82) is 0 Å². The van der Waals surface area contributed by atoms with Gasteiger partial charge in [0.15, 0.2) is 0 Å². The number of methoxy groups -OCH3 is 1. The third-order valence-corrected chi connectivity index (χ3v) is 1.46. The SMILES string of the molecule is COc1nn(C)cc1CN(C)O. The van der Waals surface area contributed by atoms with Crippen molar-refractivity contribution in [1.82, 2.24) is 14.8 Å². The van der Waals surface area contributed by atoms with Crippen LogP contribution in [-0.2, 0) is 13.6 Å². The lowest BCUT2D eigenvalue weighted by molar-refractivity contribution is -0.0735. The molecule has 0 fully saturated rings. The van der Waals surface area contributed by atoms with Gasteiger partial charge >= 0.3 is 0 Å². The molecule has 0 atom stereocenters. The van der Waals surface area contributed by atoms with E-state index in [1.54, 1.807) is 18.8 Å². The van der Waals surface area contributed by atoms with Crippen molar-refractivity contribution in [2.45, 2.75) is 6.54 Å². The summed E-state index contributed by atoms with van der Waals surface area (Å²) in [5.74, 6) is 0.554. The maximum Gasteiger partial charge on any atom is 0.237 e. The van der Waals surface area contributed by atoms with Crippen molar-refractivity contribution >= 4 is 0 Å². The van der Waals surface area contributed by atoms with Gasteiger partial charge in [-0.25, -0.2) is 0 Å². The minimum Gasteiger partial charge on any atom is -0.480 e. The van der Waals surface area contributed by atoms with E-state index in [0.29, 0.717) is 12.4 Å². The Kier molecular flexibility index (Phi) is 2.67. The Morgan fingerprint density at radius 2 is 2.42 bits per heavy atom. The van der Waals surface area contributed by atoms with E-state index in [-0.39, 0.29) is 0 Å². The summed E-state index contributed by atoms with van der Waals surface area (Å²) < 4.78 is 6.65. The van der Waals surface area contributed by atoms with Gasteiger partial charge in [-0.3, -0.25) is 4.68 Å². The average Bonchev–Trinajstić information content (AvgIpc) is 2.29. The van der Waals surface area contributed by atoms with Crippen molar-refractivity contribution in [3.05, 3.63) is 11.8 Å². The normalized spacial score (nSPS) is 10.8. The molecule has 0 unspecified atom stereocenters. The predicted molar refractivity (Wildman–Crippen MR) is 43.0 cm³/mol. The largest absolute Gasteiger partial charge is 0.480 e. The molecule has 0 saturated carbocycles. The molecule has 0 aliphatic heterocycles. The van der Waals surface area contributed by atoms with Gasteiger partial charge in [0.05, 0.1) is 19.2 Å². The van der Waals surface area contributed by atoms with Crippen LogP contribution in [0.1, 0.15) is 5.56 Å². The molecule has 1 aromatic heterocycles. The quantitative estimate of drug-likeness (QED) is 0.662. The van der Waals surface area contributed by atoms with Crippen LogP contribution in [0.5, 0.6) is 5.88 Å². The molecule has 1 aromatic rings. The highest BCUT2D eigenvalue weighted by molar-refractivity contribution is 5.22. The summed E-state index contributed by atoms with van der Waals surface area (Å²) in [6.45, 7) is 0.414. The molecule has 0 spiro atoms. The van der Waals surface area contributed by atoms with Crippen molar-refractivity contribution in [3.8, 4) is 5.88 Å². The van der Waals surface area contributed by atoms with E-state index in [1.165, 1.54) is 0 Å². The number of nitrogens with zero attached hydrogens (tertiary/aromatic N) is 3. The van der Waals surface area contributed by atoms with E-state index >= 15 is 0 Å². The Bertz CT molecular complexity index is 257. The number of hydrogen-bond donors (Lipinski definition) is 1. The number of ether oxygens (including phenoxy) is 1. The molecule has 5 heteroatoms. The molecule has 0 saturated heterocycles. The molecule has 1 heterocycles. The van der Waals surface area contributed by atoms with E-state index in [9.17, 15) is 0 Å². The monoisotopic (exact) mass is 171 g/mol. The average molecular weight is 171 g/mol. The van der Waals surface area contributed by atoms with Crippen LogP contribution in [0.2, 0.25) is 0 Å². The fourth-order valence-electron chi connectivity index (χ4n) is 1.04. The molecule has 12 heavy (non-hydrogen) atoms. The molecular weight excluding hydrogens is 158 g/mol. The fraction of sp³-hybridized carbons (Fsp3) is 0.571. The van der Waals surface area contributed by atoms with E-state index in [0.717, 1.165) is 10.6 Å². The van der Waals surface area contributed by atoms with Crippen molar-refractivity contribution in [2.24, 2.45) is 7.05 Å². The summed E-state index contributed by atoms with van der Waals surface area (Å²) in [7, 11) is 4.94. The highest BCUT2D eigenvalue weighted by atomic mass is 16.5. The molecule has 0 aliphatic rings. The number of aromatic nitrogens is 2. The first kappa shape index (κ1) is 9.02. The van der Waals surface area contributed by atoms with E-state index in [1.807, 2.05) is 13.2 Å². The maximum atomic E-state index is 8.98. The summed E-state index contributed by atoms with van der Waals surface area (Å²) in [5, 5.41) is 14.1. The lowest BCUT2D eigenvalue weighted by Gasteiger charge is -2.06. The molecule has 0 bridgehead atoms. The summed E-state index contributed by atoms with van der Waals surface area (Å²) in [5.41, 5.74) is 0.866. The van der Waals surface area contributed by atoms with Gasteiger partial charge in [-0.15, -0.1) is 5.10 Å². The van der Waals surface area contributed by atoms with Gasteiger partial charge in [0.2, 0.25) is 5.88 Å². The van der Waals surface area contributed by atoms with Gasteiger partial charge in [0.1, 0.15) is 0 Å². The first-order valence-electron chi connectivity index (χ1n) is 3.60. The molecular formula is C7H13N3O2. The second-order valence-corrected chi connectivity index (χ2v) is 2.65. The zero-order valence-corrected chi connectivity index (χ0v) is 7.48. The Labute approximate surface area is 71.1 Å². The number of rotatable bonds is 3. The van der Waals surface area contributed by atoms with Crippen molar-refractivity contribution in [3.63, 3.8) is 0 Å². The molecule has 0 radical (unpaired) electrons. The van der Waals surface area contributed by atoms with Crippen LogP contribution in [0.25, 0.3) is 0 Å². The van der Waals surface area contributed by atoms with Gasteiger partial charge in [-0.05, 0) is 0 Å². The van der Waals surface area contributed by atoms with Crippen LogP contribution in [-0.4, -0.2) is 34.2 Å². The summed E-state index contributed by atoms with van der Waals surface area (Å²) in [6.07, 6.45) is 1.81. The van der Waals surface area contributed by atoms with Gasteiger partial charge in [-0.2, -0.15) is 5.06 Å². The standard InChI is InChI=1S/C7H13N3O2/c1-9-4-6(5-10(2)11)7(8-9)12-3/h4,11H,5H2,1-3H3. The highest BCUT2D eigenvalue weighted by Gasteiger charge is 2.08. The predicted octanol–water partition coefficient (Wildman–Crippen LogP) is 0.250. The van der Waals surface area contributed by atoms with Gasteiger partial charge in [0, 0.05) is 20.3 Å². The van der Waals surface area contributed by atoms with Gasteiger partial charge in [-0.1, -0.05) is 0 Å². The van der Waals surface area contributed by atoms with Crippen LogP contribution in [0.4, 0.5) is 0 Å². The third kappa shape index (κ3) is 1.96. The highest BCUT2D eigenvalue weighted by Crippen LogP contribution is 2.15. The van der Waals surface area contributed by atoms with Crippen LogP contribution < -0.4 is 4.74 Å². The summed E-state index contributed by atoms with van der Waals surface area (Å²) in [4.78, 5) is 0. The Morgan fingerprint density at radius 1 is 1.75 bits per heavy atom. The first-order chi connectivity index (χ1) is 5.63. The Hall–Kier alpha value is -1.07. The molecule has 5 nitrogen and oxygen atoms in total. The van der Waals surface area contributed by atoms with Crippen LogP contribution in [0.15, 0.2) is 6.20 Å². The minimum atomic E-state index is 0.414. The van der Waals surface area contributed by atoms with E-state index in [4.69, 9.17) is 9.94 Å². The first-order valence-corrected chi connectivity index (χ1v) is 3.60. The molecule has 0 aliphatic carbocycles. The van der Waals surface area contributed by atoms with Crippen molar-refractivity contribution < 1.29 is 9.94 Å². The van der Waals surface area contributed by atoms with Crippen LogP contribution >= 0.6 is 0 Å². The minimum absolute atomic E-state index is 0.414. The lowest BCUT2D eigenvalue weighted by Crippen LogP contribution is -2.11. The molecule has 1 rings (SSSR count). The van der Waals surface area contributed by atoms with E-state index < -0.39 is 0 Å². The number of hydroxylamine groups is 2. The zero-order chi connectivity index (χ0) is 9.14.